The molecule has 0 aliphatic heterocycles. The molecule has 0 unspecified atom stereocenters. The molecule has 7 aromatic carbocycles. The largest absolute Gasteiger partial charge is 0.453 e. The second-order valence-corrected chi connectivity index (χ2v) is 16.0. The van der Waals surface area contributed by atoms with Crippen LogP contribution in [0.15, 0.2) is 150 Å². The van der Waals surface area contributed by atoms with Gasteiger partial charge in [0.15, 0.2) is 5.58 Å². The van der Waals surface area contributed by atoms with Crippen molar-refractivity contribution >= 4 is 66.1 Å². The fourth-order valence-corrected chi connectivity index (χ4v) is 9.98. The van der Waals surface area contributed by atoms with Gasteiger partial charge in [-0.15, -0.1) is 0 Å². The Morgan fingerprint density at radius 2 is 1.23 bits per heavy atom. The van der Waals surface area contributed by atoms with Crippen LogP contribution in [-0.2, 0) is 10.8 Å². The average molecular weight is 670 g/mol. The van der Waals surface area contributed by atoms with Crippen molar-refractivity contribution in [1.82, 2.24) is 0 Å². The molecular weight excluding hydrogens is 631 g/mol. The van der Waals surface area contributed by atoms with Crippen LogP contribution in [0.3, 0.4) is 0 Å². The van der Waals surface area contributed by atoms with Crippen LogP contribution in [0, 0.1) is 0 Å². The summed E-state index contributed by atoms with van der Waals surface area (Å²) in [6.07, 6.45) is 6.92. The van der Waals surface area contributed by atoms with Crippen LogP contribution < -0.4 is 4.90 Å². The Labute approximate surface area is 304 Å². The first kappa shape index (κ1) is 29.8. The number of hydrogen-bond acceptors (Lipinski definition) is 2. The molecule has 0 fully saturated rings. The smallest absolute Gasteiger partial charge is 0.159 e. The Morgan fingerprint density at radius 3 is 2.13 bits per heavy atom. The van der Waals surface area contributed by atoms with Crippen molar-refractivity contribution in [3.05, 3.63) is 167 Å². The summed E-state index contributed by atoms with van der Waals surface area (Å²) in [7, 11) is 0. The summed E-state index contributed by atoms with van der Waals surface area (Å²) < 4.78 is 7.26. The lowest BCUT2D eigenvalue weighted by Crippen LogP contribution is -2.18. The molecule has 0 saturated heterocycles. The van der Waals surface area contributed by atoms with E-state index in [0.29, 0.717) is 0 Å². The molecule has 0 atom stereocenters. The summed E-state index contributed by atoms with van der Waals surface area (Å²) in [5.41, 5.74) is 15.9. The molecule has 1 aromatic heterocycles. The predicted octanol–water partition coefficient (Wildman–Crippen LogP) is 14.1. The lowest BCUT2D eigenvalue weighted by atomic mass is 9.78. The van der Waals surface area contributed by atoms with Gasteiger partial charge in [-0.05, 0) is 86.5 Å². The molecule has 0 amide bonds. The Bertz CT molecular complexity index is 2910. The monoisotopic (exact) mass is 669 g/mol. The number of benzene rings is 7. The molecule has 8 aromatic rings. The molecule has 11 rings (SSSR count). The van der Waals surface area contributed by atoms with Crippen molar-refractivity contribution in [3.8, 4) is 11.1 Å². The van der Waals surface area contributed by atoms with Gasteiger partial charge in [-0.1, -0.05) is 149 Å². The Balaban J connectivity index is 1.24. The van der Waals surface area contributed by atoms with Gasteiger partial charge in [0, 0.05) is 38.4 Å². The van der Waals surface area contributed by atoms with E-state index < -0.39 is 0 Å². The highest BCUT2D eigenvalue weighted by atomic mass is 16.3. The lowest BCUT2D eigenvalue weighted by Gasteiger charge is -2.29. The highest BCUT2D eigenvalue weighted by molar-refractivity contribution is 6.16. The average Bonchev–Trinajstić information content (AvgIpc) is 3.76. The van der Waals surface area contributed by atoms with Gasteiger partial charge in [0.1, 0.15) is 5.58 Å². The molecule has 0 bridgehead atoms. The first-order valence-electron chi connectivity index (χ1n) is 18.7. The highest BCUT2D eigenvalue weighted by Gasteiger charge is 2.40. The van der Waals surface area contributed by atoms with E-state index in [1.54, 1.807) is 5.57 Å². The van der Waals surface area contributed by atoms with Crippen LogP contribution in [0.4, 0.5) is 17.1 Å². The van der Waals surface area contributed by atoms with Crippen LogP contribution in [0.1, 0.15) is 62.8 Å². The number of fused-ring (bicyclic) bond motifs is 12. The van der Waals surface area contributed by atoms with E-state index in [2.05, 4.69) is 172 Å². The van der Waals surface area contributed by atoms with Crippen molar-refractivity contribution in [1.29, 1.82) is 0 Å². The molecule has 0 N–H and O–H groups in total. The van der Waals surface area contributed by atoms with Gasteiger partial charge in [0.2, 0.25) is 0 Å². The second-order valence-electron chi connectivity index (χ2n) is 16.0. The molecule has 1 heterocycles. The first-order valence-corrected chi connectivity index (χ1v) is 18.7. The van der Waals surface area contributed by atoms with E-state index >= 15 is 0 Å². The summed E-state index contributed by atoms with van der Waals surface area (Å²) in [6.45, 7) is 9.48. The zero-order valence-corrected chi connectivity index (χ0v) is 30.0. The van der Waals surface area contributed by atoms with Crippen molar-refractivity contribution in [3.63, 3.8) is 0 Å². The molecule has 0 saturated carbocycles. The van der Waals surface area contributed by atoms with Crippen LogP contribution in [0.25, 0.3) is 60.2 Å². The van der Waals surface area contributed by atoms with Gasteiger partial charge >= 0.3 is 0 Å². The topological polar surface area (TPSA) is 16.4 Å². The molecule has 0 spiro atoms. The predicted molar refractivity (Wildman–Crippen MR) is 219 cm³/mol. The minimum absolute atomic E-state index is 0.0389. The Kier molecular flexibility index (Phi) is 5.94. The zero-order valence-electron chi connectivity index (χ0n) is 30.0. The van der Waals surface area contributed by atoms with Crippen molar-refractivity contribution in [2.45, 2.75) is 51.4 Å². The molecule has 3 aliphatic carbocycles. The van der Waals surface area contributed by atoms with Gasteiger partial charge in [0.05, 0.1) is 11.4 Å². The second kappa shape index (κ2) is 10.4. The van der Waals surface area contributed by atoms with E-state index in [0.717, 1.165) is 46.2 Å². The van der Waals surface area contributed by atoms with Gasteiger partial charge < -0.3 is 9.32 Å². The summed E-state index contributed by atoms with van der Waals surface area (Å²) in [5.74, 6) is 0. The zero-order chi connectivity index (χ0) is 34.9. The number of para-hydroxylation sites is 1. The first-order chi connectivity index (χ1) is 25.3. The van der Waals surface area contributed by atoms with E-state index in [1.807, 2.05) is 0 Å². The molecule has 2 heteroatoms. The van der Waals surface area contributed by atoms with Crippen molar-refractivity contribution in [2.24, 2.45) is 0 Å². The number of nitrogens with zero attached hydrogens (tertiary/aromatic N) is 1. The highest BCUT2D eigenvalue weighted by Crippen LogP contribution is 2.57. The molecule has 52 heavy (non-hydrogen) atoms. The van der Waals surface area contributed by atoms with E-state index in [9.17, 15) is 0 Å². The van der Waals surface area contributed by atoms with Crippen LogP contribution >= 0.6 is 0 Å². The number of rotatable bonds is 3. The third kappa shape index (κ3) is 3.85. The minimum atomic E-state index is -0.0990. The fourth-order valence-electron chi connectivity index (χ4n) is 9.98. The SMILES string of the molecule is CC1(C)C2=C(C=CCC2)c2c(N(c3ccc4ccc5ccccc5c4c3)c3cccc4c3oc3c5c(ccc34)C(C)(C)c3ccccc3-5)cccc21. The quantitative estimate of drug-likeness (QED) is 0.174. The maximum Gasteiger partial charge on any atom is 0.159 e. The van der Waals surface area contributed by atoms with Crippen LogP contribution in [-0.4, -0.2) is 0 Å². The van der Waals surface area contributed by atoms with Crippen molar-refractivity contribution < 1.29 is 4.42 Å². The number of furan rings is 1. The normalized spacial score (nSPS) is 16.5. The van der Waals surface area contributed by atoms with E-state index in [1.165, 1.54) is 66.2 Å². The molecule has 250 valence electrons. The van der Waals surface area contributed by atoms with Gasteiger partial charge in [-0.2, -0.15) is 0 Å². The summed E-state index contributed by atoms with van der Waals surface area (Å²) in [5, 5.41) is 7.30. The maximum absolute atomic E-state index is 7.26. The maximum atomic E-state index is 7.26. The number of allylic oxidation sites excluding steroid dienone is 4. The molecular formula is C50H39NO. The van der Waals surface area contributed by atoms with E-state index in [4.69, 9.17) is 4.42 Å². The van der Waals surface area contributed by atoms with Gasteiger partial charge in [-0.25, -0.2) is 0 Å². The fraction of sp³-hybridized carbons (Fsp3) is 0.160. The Hall–Kier alpha value is -5.86. The summed E-state index contributed by atoms with van der Waals surface area (Å²) in [4.78, 5) is 2.48. The van der Waals surface area contributed by atoms with Crippen LogP contribution in [0.5, 0.6) is 0 Å². The molecule has 0 radical (unpaired) electrons. The third-order valence-electron chi connectivity index (χ3n) is 12.6. The molecule has 3 aliphatic rings. The van der Waals surface area contributed by atoms with Crippen molar-refractivity contribution in [2.75, 3.05) is 4.90 Å². The summed E-state index contributed by atoms with van der Waals surface area (Å²) >= 11 is 0. The Morgan fingerprint density at radius 1 is 0.538 bits per heavy atom. The number of anilines is 3. The standard InChI is InChI=1S/C50H39NO/c1-49(2)39-18-9-7-15-36(39)45-41(49)20-12-21-43(45)51(32-26-25-31-24-23-30-13-5-6-14-33(30)38(31)29-32)44-22-11-17-34-35-27-28-42-46(48(35)52-47(34)44)37-16-8-10-19-40(37)50(42,3)4/h5-8,10-17,19-29H,9,18H2,1-4H3. The lowest BCUT2D eigenvalue weighted by molar-refractivity contribution is 0.607. The minimum Gasteiger partial charge on any atom is -0.453 e. The molecule has 2 nitrogen and oxygen atoms in total. The van der Waals surface area contributed by atoms with Gasteiger partial charge in [0.25, 0.3) is 0 Å². The van der Waals surface area contributed by atoms with Crippen LogP contribution in [0.2, 0.25) is 0 Å². The third-order valence-corrected chi connectivity index (χ3v) is 12.6. The summed E-state index contributed by atoms with van der Waals surface area (Å²) in [6, 6.07) is 47.3. The number of hydrogen-bond donors (Lipinski definition) is 0. The van der Waals surface area contributed by atoms with Gasteiger partial charge in [-0.3, -0.25) is 0 Å². The van der Waals surface area contributed by atoms with E-state index in [-0.39, 0.29) is 10.8 Å².